The average molecular weight is 378 g/mol. The van der Waals surface area contributed by atoms with Gasteiger partial charge in [-0.3, -0.25) is 4.79 Å². The highest BCUT2D eigenvalue weighted by Gasteiger charge is 2.30. The van der Waals surface area contributed by atoms with Gasteiger partial charge in [0.1, 0.15) is 5.75 Å². The summed E-state index contributed by atoms with van der Waals surface area (Å²) in [5.41, 5.74) is 3.62. The summed E-state index contributed by atoms with van der Waals surface area (Å²) in [5.74, 6) is 0.208. The lowest BCUT2D eigenvalue weighted by molar-refractivity contribution is 0.104. The fraction of sp³-hybridized carbons (Fsp3) is 0.0741. The van der Waals surface area contributed by atoms with Crippen LogP contribution < -0.4 is 0 Å². The molecule has 0 fully saturated rings. The molecular formula is C27H22O2. The van der Waals surface area contributed by atoms with E-state index in [1.165, 1.54) is 11.1 Å². The van der Waals surface area contributed by atoms with Crippen LogP contribution in [0.25, 0.3) is 5.57 Å². The maximum Gasteiger partial charge on any atom is 0.185 e. The minimum Gasteiger partial charge on any atom is -0.508 e. The van der Waals surface area contributed by atoms with Crippen LogP contribution >= 0.6 is 0 Å². The number of aromatic hydroxyl groups is 1. The predicted molar refractivity (Wildman–Crippen MR) is 118 cm³/mol. The van der Waals surface area contributed by atoms with Crippen molar-refractivity contribution in [1.29, 1.82) is 0 Å². The monoisotopic (exact) mass is 378 g/mol. The van der Waals surface area contributed by atoms with Gasteiger partial charge in [0.2, 0.25) is 0 Å². The Bertz CT molecular complexity index is 1070. The van der Waals surface area contributed by atoms with Crippen LogP contribution in [0.4, 0.5) is 0 Å². The molecule has 142 valence electrons. The summed E-state index contributed by atoms with van der Waals surface area (Å²) >= 11 is 0. The lowest BCUT2D eigenvalue weighted by atomic mass is 9.71. The molecule has 2 heteroatoms. The maximum absolute atomic E-state index is 12.7. The first-order valence-electron chi connectivity index (χ1n) is 9.68. The summed E-state index contributed by atoms with van der Waals surface area (Å²) in [6, 6.07) is 26.8. The quantitative estimate of drug-likeness (QED) is 0.429. The molecule has 1 unspecified atom stereocenters. The molecule has 0 heterocycles. The highest BCUT2D eigenvalue weighted by molar-refractivity contribution is 6.04. The summed E-state index contributed by atoms with van der Waals surface area (Å²) in [5, 5.41) is 9.73. The first-order chi connectivity index (χ1) is 14.2. The van der Waals surface area contributed by atoms with Gasteiger partial charge in [-0.2, -0.15) is 0 Å². The van der Waals surface area contributed by atoms with E-state index < -0.39 is 5.41 Å². The van der Waals surface area contributed by atoms with Crippen molar-refractivity contribution in [2.75, 3.05) is 0 Å². The highest BCUT2D eigenvalue weighted by Crippen LogP contribution is 2.41. The summed E-state index contributed by atoms with van der Waals surface area (Å²) in [7, 11) is 0. The molecule has 1 atom stereocenters. The SMILES string of the molecule is O=C(C=CC1(c2ccc(O)cc2)C=CC=C(c2ccccc2)C1)c1ccccc1. The number of benzene rings is 3. The van der Waals surface area contributed by atoms with Crippen molar-refractivity contribution in [3.8, 4) is 5.75 Å². The molecule has 0 saturated carbocycles. The Kier molecular flexibility index (Phi) is 5.26. The molecule has 0 spiro atoms. The van der Waals surface area contributed by atoms with E-state index in [0.717, 1.165) is 12.0 Å². The van der Waals surface area contributed by atoms with Gasteiger partial charge in [0, 0.05) is 11.0 Å². The molecule has 1 aliphatic rings. The van der Waals surface area contributed by atoms with Crippen molar-refractivity contribution >= 4 is 11.4 Å². The molecule has 0 aromatic heterocycles. The number of carbonyl (C=O) groups is 1. The van der Waals surface area contributed by atoms with E-state index in [-0.39, 0.29) is 11.5 Å². The van der Waals surface area contributed by atoms with E-state index >= 15 is 0 Å². The third kappa shape index (κ3) is 4.12. The first kappa shape index (κ1) is 18.7. The fourth-order valence-electron chi connectivity index (χ4n) is 3.72. The number of hydrogen-bond acceptors (Lipinski definition) is 2. The number of hydrogen-bond donors (Lipinski definition) is 1. The summed E-state index contributed by atoms with van der Waals surface area (Å²) in [6.07, 6.45) is 10.7. The molecule has 0 radical (unpaired) electrons. The second-order valence-electron chi connectivity index (χ2n) is 7.24. The Balaban J connectivity index is 1.72. The molecule has 1 N–H and O–H groups in total. The molecule has 2 nitrogen and oxygen atoms in total. The van der Waals surface area contributed by atoms with E-state index in [0.29, 0.717) is 5.56 Å². The van der Waals surface area contributed by atoms with Crippen LogP contribution in [0.15, 0.2) is 115 Å². The Hall–Kier alpha value is -3.65. The number of phenolic OH excluding ortho intramolecular Hbond substituents is 1. The Morgan fingerprint density at radius 3 is 2.21 bits per heavy atom. The molecular weight excluding hydrogens is 356 g/mol. The summed E-state index contributed by atoms with van der Waals surface area (Å²) < 4.78 is 0. The molecule has 0 amide bonds. The van der Waals surface area contributed by atoms with Gasteiger partial charge in [0.05, 0.1) is 0 Å². The van der Waals surface area contributed by atoms with E-state index in [4.69, 9.17) is 0 Å². The number of phenols is 1. The van der Waals surface area contributed by atoms with Gasteiger partial charge in [-0.15, -0.1) is 0 Å². The van der Waals surface area contributed by atoms with Crippen molar-refractivity contribution in [3.63, 3.8) is 0 Å². The average Bonchev–Trinajstić information content (AvgIpc) is 2.79. The van der Waals surface area contributed by atoms with Crippen LogP contribution in [0.2, 0.25) is 0 Å². The van der Waals surface area contributed by atoms with Crippen LogP contribution in [0.1, 0.15) is 27.9 Å². The molecule has 29 heavy (non-hydrogen) atoms. The van der Waals surface area contributed by atoms with Crippen molar-refractivity contribution < 1.29 is 9.90 Å². The lowest BCUT2D eigenvalue weighted by Gasteiger charge is -2.32. The lowest BCUT2D eigenvalue weighted by Crippen LogP contribution is -2.23. The number of rotatable bonds is 5. The maximum atomic E-state index is 12.7. The highest BCUT2D eigenvalue weighted by atomic mass is 16.3. The van der Waals surface area contributed by atoms with Gasteiger partial charge >= 0.3 is 0 Å². The van der Waals surface area contributed by atoms with E-state index in [1.54, 1.807) is 18.2 Å². The zero-order valence-electron chi connectivity index (χ0n) is 16.0. The van der Waals surface area contributed by atoms with Crippen molar-refractivity contribution in [1.82, 2.24) is 0 Å². The fourth-order valence-corrected chi connectivity index (χ4v) is 3.72. The van der Waals surface area contributed by atoms with Gasteiger partial charge in [-0.1, -0.05) is 97.1 Å². The Morgan fingerprint density at radius 1 is 0.862 bits per heavy atom. The van der Waals surface area contributed by atoms with Crippen molar-refractivity contribution in [2.24, 2.45) is 0 Å². The number of carbonyl (C=O) groups excluding carboxylic acids is 1. The van der Waals surface area contributed by atoms with Gasteiger partial charge in [-0.05, 0) is 41.3 Å². The van der Waals surface area contributed by atoms with Crippen LogP contribution in [0.3, 0.4) is 0 Å². The third-order valence-electron chi connectivity index (χ3n) is 5.31. The third-order valence-corrected chi connectivity index (χ3v) is 5.31. The van der Waals surface area contributed by atoms with Gasteiger partial charge in [-0.25, -0.2) is 0 Å². The van der Waals surface area contributed by atoms with E-state index in [2.05, 4.69) is 30.4 Å². The normalized spacial score (nSPS) is 18.6. The zero-order chi connectivity index (χ0) is 20.1. The number of ketones is 1. The van der Waals surface area contributed by atoms with Crippen LogP contribution in [-0.4, -0.2) is 10.9 Å². The van der Waals surface area contributed by atoms with Crippen LogP contribution in [-0.2, 0) is 5.41 Å². The topological polar surface area (TPSA) is 37.3 Å². The molecule has 1 aliphatic carbocycles. The number of allylic oxidation sites excluding steroid dienone is 6. The van der Waals surface area contributed by atoms with Crippen LogP contribution in [0, 0.1) is 0 Å². The molecule has 4 rings (SSSR count). The van der Waals surface area contributed by atoms with E-state index in [1.807, 2.05) is 66.7 Å². The van der Waals surface area contributed by atoms with Crippen LogP contribution in [0.5, 0.6) is 5.75 Å². The minimum atomic E-state index is -0.460. The zero-order valence-corrected chi connectivity index (χ0v) is 16.0. The molecule has 3 aromatic carbocycles. The standard InChI is InChI=1S/C27H22O2/c28-25-15-13-24(14-16-25)27(19-17-26(29)22-10-5-2-6-11-22)18-7-12-23(20-27)21-8-3-1-4-9-21/h1-19,28H,20H2. The summed E-state index contributed by atoms with van der Waals surface area (Å²) in [4.78, 5) is 12.7. The minimum absolute atomic E-state index is 0.0204. The molecule has 3 aromatic rings. The van der Waals surface area contributed by atoms with Gasteiger partial charge in [0.15, 0.2) is 5.78 Å². The summed E-state index contributed by atoms with van der Waals surface area (Å²) in [6.45, 7) is 0. The Labute approximate surface area is 171 Å². The van der Waals surface area contributed by atoms with Gasteiger partial charge in [0.25, 0.3) is 0 Å². The molecule has 0 bridgehead atoms. The first-order valence-corrected chi connectivity index (χ1v) is 9.68. The second kappa shape index (κ2) is 8.15. The van der Waals surface area contributed by atoms with Crippen molar-refractivity contribution in [3.05, 3.63) is 132 Å². The largest absolute Gasteiger partial charge is 0.508 e. The van der Waals surface area contributed by atoms with Crippen molar-refractivity contribution in [2.45, 2.75) is 11.8 Å². The molecule has 0 saturated heterocycles. The Morgan fingerprint density at radius 2 is 1.52 bits per heavy atom. The smallest absolute Gasteiger partial charge is 0.185 e. The second-order valence-corrected chi connectivity index (χ2v) is 7.24. The molecule has 0 aliphatic heterocycles. The van der Waals surface area contributed by atoms with E-state index in [9.17, 15) is 9.90 Å². The van der Waals surface area contributed by atoms with Gasteiger partial charge < -0.3 is 5.11 Å². The predicted octanol–water partition coefficient (Wildman–Crippen LogP) is 6.11.